The molecular formula is C21H34FNO. The van der Waals surface area contributed by atoms with E-state index in [1.807, 2.05) is 7.05 Å². The first-order chi connectivity index (χ1) is 11.3. The first-order valence-corrected chi connectivity index (χ1v) is 10.0. The lowest BCUT2D eigenvalue weighted by Crippen LogP contribution is -2.57. The van der Waals surface area contributed by atoms with Gasteiger partial charge in [0.15, 0.2) is 0 Å². The SMILES string of the molecule is CNC[C@]1(O)CC[C@H]2[C@@H]3CC=C4C[C@@H](F)CC[C@]4(C)[C@H]3CC[C@@]21C. The number of hydrogen-bond donors (Lipinski definition) is 2. The number of nitrogens with one attached hydrogen (secondary N) is 1. The molecule has 2 nitrogen and oxygen atoms in total. The highest BCUT2D eigenvalue weighted by Crippen LogP contribution is 2.67. The third kappa shape index (κ3) is 2.13. The van der Waals surface area contributed by atoms with Crippen LogP contribution in [0.15, 0.2) is 11.6 Å². The molecule has 4 aliphatic rings. The summed E-state index contributed by atoms with van der Waals surface area (Å²) < 4.78 is 13.9. The van der Waals surface area contributed by atoms with Crippen LogP contribution in [0.5, 0.6) is 0 Å². The van der Waals surface area contributed by atoms with Crippen LogP contribution in [0, 0.1) is 28.6 Å². The van der Waals surface area contributed by atoms with E-state index in [2.05, 4.69) is 25.2 Å². The van der Waals surface area contributed by atoms with Crippen molar-refractivity contribution in [3.63, 3.8) is 0 Å². The van der Waals surface area contributed by atoms with Crippen molar-refractivity contribution >= 4 is 0 Å². The lowest BCUT2D eigenvalue weighted by molar-refractivity contribution is -0.121. The molecule has 3 fully saturated rings. The van der Waals surface area contributed by atoms with E-state index < -0.39 is 11.8 Å². The van der Waals surface area contributed by atoms with E-state index in [0.29, 0.717) is 30.7 Å². The number of alkyl halides is 1. The fraction of sp³-hybridized carbons (Fsp3) is 0.905. The van der Waals surface area contributed by atoms with Crippen LogP contribution in [0.3, 0.4) is 0 Å². The zero-order valence-electron chi connectivity index (χ0n) is 15.6. The van der Waals surface area contributed by atoms with Gasteiger partial charge in [-0.25, -0.2) is 4.39 Å². The second-order valence-electron chi connectivity index (χ2n) is 9.66. The maximum absolute atomic E-state index is 13.9. The van der Waals surface area contributed by atoms with Gasteiger partial charge in [-0.15, -0.1) is 0 Å². The van der Waals surface area contributed by atoms with Crippen LogP contribution in [-0.4, -0.2) is 30.5 Å². The molecule has 3 saturated carbocycles. The van der Waals surface area contributed by atoms with Crippen LogP contribution in [0.4, 0.5) is 4.39 Å². The lowest BCUT2D eigenvalue weighted by Gasteiger charge is -2.59. The van der Waals surface area contributed by atoms with Crippen molar-refractivity contribution < 1.29 is 9.50 Å². The Hall–Kier alpha value is -0.410. The quantitative estimate of drug-likeness (QED) is 0.740. The molecule has 0 aromatic rings. The third-order valence-electron chi connectivity index (χ3n) is 8.83. The molecule has 4 rings (SSSR count). The molecule has 0 bridgehead atoms. The number of likely N-dealkylation sites (N-methyl/N-ethyl adjacent to an activating group) is 1. The first-order valence-electron chi connectivity index (χ1n) is 10.0. The monoisotopic (exact) mass is 335 g/mol. The highest BCUT2D eigenvalue weighted by atomic mass is 19.1. The Bertz CT molecular complexity index is 548. The van der Waals surface area contributed by atoms with Gasteiger partial charge in [-0.3, -0.25) is 0 Å². The minimum atomic E-state index is -0.623. The van der Waals surface area contributed by atoms with Gasteiger partial charge in [0.25, 0.3) is 0 Å². The van der Waals surface area contributed by atoms with Crippen molar-refractivity contribution in [2.24, 2.45) is 28.6 Å². The van der Waals surface area contributed by atoms with Crippen LogP contribution in [0.1, 0.15) is 65.2 Å². The zero-order valence-corrected chi connectivity index (χ0v) is 15.6. The van der Waals surface area contributed by atoms with Gasteiger partial charge in [0.05, 0.1) is 5.60 Å². The van der Waals surface area contributed by atoms with Crippen molar-refractivity contribution in [3.05, 3.63) is 11.6 Å². The molecule has 24 heavy (non-hydrogen) atoms. The van der Waals surface area contributed by atoms with Crippen molar-refractivity contribution in [2.75, 3.05) is 13.6 Å². The fourth-order valence-electron chi connectivity index (χ4n) is 7.31. The number of halogens is 1. The Kier molecular flexibility index (Phi) is 3.93. The average molecular weight is 336 g/mol. The normalized spacial score (nSPS) is 53.8. The van der Waals surface area contributed by atoms with E-state index in [9.17, 15) is 9.50 Å². The summed E-state index contributed by atoms with van der Waals surface area (Å²) in [5.41, 5.74) is 1.11. The highest BCUT2D eigenvalue weighted by Gasteiger charge is 2.63. The second kappa shape index (κ2) is 5.54. The summed E-state index contributed by atoms with van der Waals surface area (Å²) in [4.78, 5) is 0. The van der Waals surface area contributed by atoms with E-state index >= 15 is 0 Å². The molecule has 0 unspecified atom stereocenters. The molecule has 0 heterocycles. The van der Waals surface area contributed by atoms with Gasteiger partial charge in [0.2, 0.25) is 0 Å². The maximum atomic E-state index is 13.9. The molecule has 7 atom stereocenters. The summed E-state index contributed by atoms with van der Waals surface area (Å²) >= 11 is 0. The standard InChI is InChI=1S/C21H34FNO/c1-19-9-6-15(22)12-14(19)4-5-16-17(19)7-10-20(2)18(16)8-11-21(20,24)13-23-3/h4,15-18,23-24H,5-13H2,1-3H3/t15-,16+,17-,18-,19-,20-,21+/m0/s1. The van der Waals surface area contributed by atoms with Crippen LogP contribution in [-0.2, 0) is 0 Å². The molecule has 0 aliphatic heterocycles. The molecule has 0 amide bonds. The Morgan fingerprint density at radius 3 is 2.67 bits per heavy atom. The van der Waals surface area contributed by atoms with Crippen molar-refractivity contribution in [1.82, 2.24) is 5.32 Å². The molecule has 0 saturated heterocycles. The van der Waals surface area contributed by atoms with Crippen LogP contribution < -0.4 is 5.32 Å². The van der Waals surface area contributed by atoms with E-state index in [0.717, 1.165) is 38.5 Å². The second-order valence-corrected chi connectivity index (χ2v) is 9.66. The molecule has 3 heteroatoms. The highest BCUT2D eigenvalue weighted by molar-refractivity contribution is 5.26. The summed E-state index contributed by atoms with van der Waals surface area (Å²) in [6.07, 6.45) is 9.72. The summed E-state index contributed by atoms with van der Waals surface area (Å²) in [7, 11) is 1.95. The van der Waals surface area contributed by atoms with Gasteiger partial charge in [-0.1, -0.05) is 25.5 Å². The average Bonchev–Trinajstić information content (AvgIpc) is 2.80. The molecule has 4 aliphatic carbocycles. The number of aliphatic hydroxyl groups is 1. The predicted octanol–water partition coefficient (Wildman–Crippen LogP) is 4.24. The van der Waals surface area contributed by atoms with E-state index in [4.69, 9.17) is 0 Å². The molecule has 0 radical (unpaired) electrons. The molecule has 136 valence electrons. The lowest BCUT2D eigenvalue weighted by atomic mass is 9.47. The van der Waals surface area contributed by atoms with Crippen LogP contribution in [0.2, 0.25) is 0 Å². The molecule has 0 aromatic heterocycles. The van der Waals surface area contributed by atoms with Crippen molar-refractivity contribution in [1.29, 1.82) is 0 Å². The number of rotatable bonds is 2. The smallest absolute Gasteiger partial charge is 0.104 e. The van der Waals surface area contributed by atoms with E-state index in [-0.39, 0.29) is 10.8 Å². The van der Waals surface area contributed by atoms with E-state index in [1.165, 1.54) is 12.0 Å². The first kappa shape index (κ1) is 17.0. The largest absolute Gasteiger partial charge is 0.388 e. The Morgan fingerprint density at radius 2 is 1.92 bits per heavy atom. The summed E-state index contributed by atoms with van der Waals surface area (Å²) in [5.74, 6) is 1.99. The number of fused-ring (bicyclic) bond motifs is 5. The third-order valence-corrected chi connectivity index (χ3v) is 8.83. The molecular weight excluding hydrogens is 301 g/mol. The Labute approximate surface area is 146 Å². The maximum Gasteiger partial charge on any atom is 0.104 e. The van der Waals surface area contributed by atoms with Gasteiger partial charge in [0, 0.05) is 18.4 Å². The number of allylic oxidation sites excluding steroid dienone is 2. The van der Waals surface area contributed by atoms with E-state index in [1.54, 1.807) is 0 Å². The number of hydrogen-bond acceptors (Lipinski definition) is 2. The zero-order chi connectivity index (χ0) is 17.2. The minimum Gasteiger partial charge on any atom is -0.388 e. The molecule has 0 spiro atoms. The van der Waals surface area contributed by atoms with Crippen LogP contribution in [0.25, 0.3) is 0 Å². The topological polar surface area (TPSA) is 32.3 Å². The fourth-order valence-corrected chi connectivity index (χ4v) is 7.31. The molecule has 0 aromatic carbocycles. The summed E-state index contributed by atoms with van der Waals surface area (Å²) in [6.45, 7) is 5.47. The van der Waals surface area contributed by atoms with Gasteiger partial charge in [-0.05, 0) is 75.2 Å². The van der Waals surface area contributed by atoms with Gasteiger partial charge >= 0.3 is 0 Å². The molecule has 2 N–H and O–H groups in total. The van der Waals surface area contributed by atoms with Gasteiger partial charge in [0.1, 0.15) is 6.17 Å². The van der Waals surface area contributed by atoms with Gasteiger partial charge in [-0.2, -0.15) is 0 Å². The van der Waals surface area contributed by atoms with Gasteiger partial charge < -0.3 is 10.4 Å². The van der Waals surface area contributed by atoms with Crippen molar-refractivity contribution in [2.45, 2.75) is 77.0 Å². The Morgan fingerprint density at radius 1 is 1.17 bits per heavy atom. The Balaban J connectivity index is 1.65. The van der Waals surface area contributed by atoms with Crippen molar-refractivity contribution in [3.8, 4) is 0 Å². The summed E-state index contributed by atoms with van der Waals surface area (Å²) in [6, 6.07) is 0. The minimum absolute atomic E-state index is 0.0379. The van der Waals surface area contributed by atoms with Crippen LogP contribution >= 0.6 is 0 Å². The summed E-state index contributed by atoms with van der Waals surface area (Å²) in [5, 5.41) is 14.6. The predicted molar refractivity (Wildman–Crippen MR) is 95.5 cm³/mol.